The van der Waals surface area contributed by atoms with Crippen molar-refractivity contribution in [2.75, 3.05) is 19.8 Å². The topological polar surface area (TPSA) is 283 Å². The van der Waals surface area contributed by atoms with Gasteiger partial charge in [-0.3, -0.25) is 43.2 Å². The van der Waals surface area contributed by atoms with E-state index in [4.69, 9.17) is 66.3 Å². The quantitative estimate of drug-likeness (QED) is 0.140. The van der Waals surface area contributed by atoms with Gasteiger partial charge in [-0.25, -0.2) is 8.78 Å². The molecule has 15 atom stereocenters. The summed E-state index contributed by atoms with van der Waals surface area (Å²) in [6, 6.07) is 0. The van der Waals surface area contributed by atoms with Crippen molar-refractivity contribution in [2.45, 2.75) is 155 Å². The van der Waals surface area contributed by atoms with Gasteiger partial charge in [0.2, 0.25) is 6.36 Å². The SMILES string of the molecule is CC(=O)OC[C@H]1O[C@@H](O[C@H]2[C@H](OC(C)=O)[C@@H](OC(C)=O)[C@H](O[C@@H]3[C@@H](F)[C@H](F)O[C@H](COC(C)=O)[C@H]3OC(C)=O)O[C@@H]2COC(C)=O)[C@H](OC(C)=O)[C@@H](OC(C)=O)[C@@H]1OC(C)=O. The van der Waals surface area contributed by atoms with Crippen LogP contribution in [0.3, 0.4) is 0 Å². The van der Waals surface area contributed by atoms with Crippen LogP contribution >= 0.6 is 0 Å². The van der Waals surface area contributed by atoms with Crippen LogP contribution in [0.1, 0.15) is 62.3 Å². The normalized spacial score (nSPS) is 33.4. The molecule has 25 heteroatoms. The van der Waals surface area contributed by atoms with Crippen molar-refractivity contribution >= 4 is 53.7 Å². The first-order valence-electron chi connectivity index (χ1n) is 18.5. The number of rotatable bonds is 16. The molecule has 344 valence electrons. The van der Waals surface area contributed by atoms with Crippen molar-refractivity contribution in [2.24, 2.45) is 0 Å². The zero-order valence-corrected chi connectivity index (χ0v) is 34.4. The molecular formula is C36H48F2O23. The Morgan fingerprint density at radius 1 is 0.361 bits per heavy atom. The van der Waals surface area contributed by atoms with E-state index in [1.165, 1.54) is 0 Å². The lowest BCUT2D eigenvalue weighted by Gasteiger charge is -2.49. The van der Waals surface area contributed by atoms with Gasteiger partial charge in [-0.1, -0.05) is 0 Å². The molecule has 0 aromatic rings. The molecule has 0 aromatic carbocycles. The van der Waals surface area contributed by atoms with Crippen LogP contribution in [-0.4, -0.2) is 166 Å². The first kappa shape index (κ1) is 50.2. The zero-order valence-electron chi connectivity index (χ0n) is 34.4. The average molecular weight is 887 g/mol. The fraction of sp³-hybridized carbons (Fsp3) is 0.750. The van der Waals surface area contributed by atoms with Crippen molar-refractivity contribution in [3.8, 4) is 0 Å². The third-order valence-electron chi connectivity index (χ3n) is 8.49. The molecular weight excluding hydrogens is 838 g/mol. The van der Waals surface area contributed by atoms with Gasteiger partial charge in [0.1, 0.15) is 50.3 Å². The highest BCUT2D eigenvalue weighted by molar-refractivity contribution is 5.70. The van der Waals surface area contributed by atoms with E-state index in [0.29, 0.717) is 0 Å². The summed E-state index contributed by atoms with van der Waals surface area (Å²) in [6.45, 7) is 6.33. The van der Waals surface area contributed by atoms with Gasteiger partial charge < -0.3 is 66.3 Å². The highest BCUT2D eigenvalue weighted by Crippen LogP contribution is 2.38. The summed E-state index contributed by atoms with van der Waals surface area (Å²) in [4.78, 5) is 110. The summed E-state index contributed by atoms with van der Waals surface area (Å²) in [5.74, 6) is -8.86. The molecule has 0 saturated carbocycles. The van der Waals surface area contributed by atoms with Crippen LogP contribution in [0, 0.1) is 0 Å². The molecule has 0 N–H and O–H groups in total. The molecule has 0 amide bonds. The Morgan fingerprint density at radius 2 is 0.639 bits per heavy atom. The van der Waals surface area contributed by atoms with Crippen LogP contribution in [-0.2, 0) is 109 Å². The number of carbonyl (C=O) groups is 9. The van der Waals surface area contributed by atoms with Gasteiger partial charge in [-0.2, -0.15) is 0 Å². The van der Waals surface area contributed by atoms with E-state index < -0.39 is 166 Å². The fourth-order valence-corrected chi connectivity index (χ4v) is 6.42. The number of halogens is 2. The Kier molecular flexibility index (Phi) is 18.7. The summed E-state index contributed by atoms with van der Waals surface area (Å²) in [5, 5.41) is 0. The maximum absolute atomic E-state index is 15.8. The van der Waals surface area contributed by atoms with Crippen molar-refractivity contribution < 1.29 is 118 Å². The highest BCUT2D eigenvalue weighted by atomic mass is 19.2. The third kappa shape index (κ3) is 14.8. The van der Waals surface area contributed by atoms with Crippen LogP contribution in [0.15, 0.2) is 0 Å². The molecule has 3 fully saturated rings. The number of esters is 9. The summed E-state index contributed by atoms with van der Waals surface area (Å²) in [6.07, 6.45) is -30.0. The highest BCUT2D eigenvalue weighted by Gasteiger charge is 2.59. The molecule has 0 unspecified atom stereocenters. The van der Waals surface area contributed by atoms with Gasteiger partial charge in [0.05, 0.1) is 0 Å². The van der Waals surface area contributed by atoms with E-state index in [1.54, 1.807) is 0 Å². The van der Waals surface area contributed by atoms with Crippen molar-refractivity contribution in [3.63, 3.8) is 0 Å². The lowest BCUT2D eigenvalue weighted by atomic mass is 9.95. The fourth-order valence-electron chi connectivity index (χ4n) is 6.42. The van der Waals surface area contributed by atoms with E-state index in [1.807, 2.05) is 0 Å². The van der Waals surface area contributed by atoms with Crippen LogP contribution in [0.25, 0.3) is 0 Å². The second-order valence-electron chi connectivity index (χ2n) is 13.6. The van der Waals surface area contributed by atoms with Gasteiger partial charge in [0, 0.05) is 62.3 Å². The minimum Gasteiger partial charge on any atom is -0.463 e. The molecule has 3 aliphatic rings. The lowest BCUT2D eigenvalue weighted by Crippen LogP contribution is -2.68. The minimum absolute atomic E-state index is 0.692. The summed E-state index contributed by atoms with van der Waals surface area (Å²) in [7, 11) is 0. The predicted molar refractivity (Wildman–Crippen MR) is 185 cm³/mol. The molecule has 0 radical (unpaired) electrons. The molecule has 61 heavy (non-hydrogen) atoms. The Bertz CT molecular complexity index is 1620. The smallest absolute Gasteiger partial charge is 0.303 e. The first-order chi connectivity index (χ1) is 28.5. The molecule has 0 aliphatic carbocycles. The Balaban J connectivity index is 2.22. The van der Waals surface area contributed by atoms with E-state index in [-0.39, 0.29) is 0 Å². The van der Waals surface area contributed by atoms with E-state index in [9.17, 15) is 43.2 Å². The molecule has 0 aromatic heterocycles. The molecule has 0 bridgehead atoms. The van der Waals surface area contributed by atoms with Crippen LogP contribution in [0.4, 0.5) is 8.78 Å². The van der Waals surface area contributed by atoms with Crippen LogP contribution < -0.4 is 0 Å². The van der Waals surface area contributed by atoms with Crippen LogP contribution in [0.2, 0.25) is 0 Å². The van der Waals surface area contributed by atoms with Gasteiger partial charge in [0.15, 0.2) is 55.4 Å². The second kappa shape index (κ2) is 22.7. The van der Waals surface area contributed by atoms with Crippen molar-refractivity contribution in [3.05, 3.63) is 0 Å². The van der Waals surface area contributed by atoms with Gasteiger partial charge in [-0.05, 0) is 0 Å². The second-order valence-corrected chi connectivity index (χ2v) is 13.6. The van der Waals surface area contributed by atoms with E-state index in [0.717, 1.165) is 62.3 Å². The number of hydrogen-bond donors (Lipinski definition) is 0. The summed E-state index contributed by atoms with van der Waals surface area (Å²) in [5.41, 5.74) is 0. The largest absolute Gasteiger partial charge is 0.463 e. The van der Waals surface area contributed by atoms with Gasteiger partial charge >= 0.3 is 53.7 Å². The molecule has 3 heterocycles. The lowest BCUT2D eigenvalue weighted by molar-refractivity contribution is -0.374. The molecule has 3 aliphatic heterocycles. The maximum Gasteiger partial charge on any atom is 0.303 e. The zero-order chi connectivity index (χ0) is 45.9. The average Bonchev–Trinajstić information content (AvgIpc) is 3.12. The van der Waals surface area contributed by atoms with Crippen molar-refractivity contribution in [1.29, 1.82) is 0 Å². The summed E-state index contributed by atoms with van der Waals surface area (Å²) < 4.78 is 108. The van der Waals surface area contributed by atoms with Crippen molar-refractivity contribution in [1.82, 2.24) is 0 Å². The standard InChI is InChI=1S/C36H48F2O23/c1-13(39)48-10-22-26(51-16(4)42)29(25(37)34(38)57-22)61-36-33(56-21(9)47)31(54-19(7)45)28(24(59-36)12-50-15(3)41)60-35-32(55-20(8)46)30(53-18(6)44)27(52-17(5)43)23(58-35)11-49-14(2)40/h22-36H,10-12H2,1-9H3/t22-,23-,24-,25-,26-,27-,28-,29-,30+,31+,32-,33-,34-,35+,36+/m1/s1. The monoisotopic (exact) mass is 886 g/mol. The van der Waals surface area contributed by atoms with Gasteiger partial charge in [0.25, 0.3) is 0 Å². The van der Waals surface area contributed by atoms with Crippen LogP contribution in [0.5, 0.6) is 0 Å². The number of alkyl halides is 2. The third-order valence-corrected chi connectivity index (χ3v) is 8.49. The number of hydrogen-bond acceptors (Lipinski definition) is 23. The van der Waals surface area contributed by atoms with Gasteiger partial charge in [-0.15, -0.1) is 0 Å². The number of ether oxygens (including phenoxy) is 14. The van der Waals surface area contributed by atoms with E-state index >= 15 is 8.78 Å². The Labute approximate surface area is 346 Å². The Hall–Kier alpha value is -5.11. The predicted octanol–water partition coefficient (Wildman–Crippen LogP) is -0.481. The Morgan fingerprint density at radius 3 is 1.00 bits per heavy atom. The van der Waals surface area contributed by atoms with E-state index in [2.05, 4.69) is 0 Å². The minimum atomic E-state index is -2.80. The molecule has 23 nitrogen and oxygen atoms in total. The summed E-state index contributed by atoms with van der Waals surface area (Å²) >= 11 is 0. The first-order valence-corrected chi connectivity index (χ1v) is 18.5. The maximum atomic E-state index is 15.8. The number of carbonyl (C=O) groups excluding carboxylic acids is 9. The molecule has 3 saturated heterocycles. The molecule has 3 rings (SSSR count). The molecule has 0 spiro atoms.